The average molecular weight is 481 g/mol. The molecule has 1 amide bonds. The molecule has 184 valence electrons. The van der Waals surface area contributed by atoms with Crippen LogP contribution in [0.4, 0.5) is 0 Å². The lowest BCUT2D eigenvalue weighted by Gasteiger charge is -2.23. The molecule has 2 aromatic heterocycles. The minimum atomic E-state index is -1.69. The highest BCUT2D eigenvalue weighted by Crippen LogP contribution is 2.19. The molecule has 3 atom stereocenters. The van der Waals surface area contributed by atoms with E-state index in [-0.39, 0.29) is 12.2 Å². The number of carbonyl (C=O) groups is 1. The Kier molecular flexibility index (Phi) is 6.99. The molecule has 0 saturated carbocycles. The summed E-state index contributed by atoms with van der Waals surface area (Å²) in [5, 5.41) is 43.0. The van der Waals surface area contributed by atoms with Crippen LogP contribution in [0.3, 0.4) is 0 Å². The second-order valence-electron chi connectivity index (χ2n) is 8.69. The molecule has 0 aliphatic rings. The molecular formula is C25H28N4O6. The summed E-state index contributed by atoms with van der Waals surface area (Å²) in [4.78, 5) is 33.7. The summed E-state index contributed by atoms with van der Waals surface area (Å²) in [7, 11) is 0. The van der Waals surface area contributed by atoms with Gasteiger partial charge in [-0.15, -0.1) is 0 Å². The molecule has 35 heavy (non-hydrogen) atoms. The van der Waals surface area contributed by atoms with Crippen LogP contribution in [0, 0.1) is 13.8 Å². The van der Waals surface area contributed by atoms with E-state index in [9.17, 15) is 24.9 Å². The topological polar surface area (TPSA) is 161 Å². The first-order valence-corrected chi connectivity index (χ1v) is 11.2. The highest BCUT2D eigenvalue weighted by molar-refractivity contribution is 5.94. The van der Waals surface area contributed by atoms with Crippen LogP contribution >= 0.6 is 0 Å². The highest BCUT2D eigenvalue weighted by Gasteiger charge is 2.27. The number of aliphatic hydroxyl groups is 4. The first kappa shape index (κ1) is 24.6. The monoisotopic (exact) mass is 480 g/mol. The van der Waals surface area contributed by atoms with Gasteiger partial charge in [-0.3, -0.25) is 9.59 Å². The van der Waals surface area contributed by atoms with E-state index in [0.29, 0.717) is 11.0 Å². The van der Waals surface area contributed by atoms with Crippen LogP contribution in [-0.4, -0.2) is 65.8 Å². The second kappa shape index (κ2) is 9.96. The van der Waals surface area contributed by atoms with Gasteiger partial charge in [0.25, 0.3) is 11.5 Å². The summed E-state index contributed by atoms with van der Waals surface area (Å²) >= 11 is 0. The fourth-order valence-electron chi connectivity index (χ4n) is 3.96. The standard InChI is InChI=1S/C25H28N4O6/c1-13-7-18-19(8-14(13)2)29(11-20(31)23(33)21(32)12-30)25(35)22(28-18)24(34)27-10-15-3-4-16-5-6-26-17(16)9-15/h3-9,20-21,23,26,30-33H,10-12H2,1-2H3,(H,27,34)/t20-,21+,23-/m0/s1. The number of aliphatic hydroxyl groups excluding tert-OH is 4. The van der Waals surface area contributed by atoms with Gasteiger partial charge in [-0.25, -0.2) is 4.98 Å². The summed E-state index contributed by atoms with van der Waals surface area (Å²) in [5.74, 6) is -0.680. The Hall–Kier alpha value is -3.57. The summed E-state index contributed by atoms with van der Waals surface area (Å²) in [5.41, 5.74) is 3.16. The number of nitrogens with one attached hydrogen (secondary N) is 2. The number of hydrogen-bond acceptors (Lipinski definition) is 7. The third kappa shape index (κ3) is 4.96. The van der Waals surface area contributed by atoms with Crippen molar-refractivity contribution in [2.45, 2.75) is 45.2 Å². The third-order valence-electron chi connectivity index (χ3n) is 6.19. The van der Waals surface area contributed by atoms with Gasteiger partial charge in [-0.2, -0.15) is 0 Å². The van der Waals surface area contributed by atoms with E-state index >= 15 is 0 Å². The lowest BCUT2D eigenvalue weighted by atomic mass is 10.1. The molecule has 10 heteroatoms. The van der Waals surface area contributed by atoms with E-state index in [1.165, 1.54) is 0 Å². The molecule has 6 N–H and O–H groups in total. The van der Waals surface area contributed by atoms with Crippen molar-refractivity contribution in [2.24, 2.45) is 0 Å². The zero-order valence-corrected chi connectivity index (χ0v) is 19.4. The maximum atomic E-state index is 13.3. The van der Waals surface area contributed by atoms with Crippen LogP contribution in [0.25, 0.3) is 21.9 Å². The molecule has 0 spiro atoms. The Morgan fingerprint density at radius 3 is 2.57 bits per heavy atom. The Labute approximate surface area is 200 Å². The van der Waals surface area contributed by atoms with Gasteiger partial charge in [0.15, 0.2) is 5.69 Å². The van der Waals surface area contributed by atoms with E-state index in [1.54, 1.807) is 12.1 Å². The largest absolute Gasteiger partial charge is 0.394 e. The molecule has 2 heterocycles. The average Bonchev–Trinajstić information content (AvgIpc) is 3.32. The number of hydrogen-bond donors (Lipinski definition) is 6. The van der Waals surface area contributed by atoms with Gasteiger partial charge in [0.2, 0.25) is 0 Å². The van der Waals surface area contributed by atoms with Crippen molar-refractivity contribution in [2.75, 3.05) is 6.61 Å². The van der Waals surface area contributed by atoms with Gasteiger partial charge in [0.1, 0.15) is 18.3 Å². The molecule has 0 aliphatic heterocycles. The predicted octanol–water partition coefficient (Wildman–Crippen LogP) is 0.500. The fraction of sp³-hybridized carbons (Fsp3) is 0.320. The molecule has 0 aliphatic carbocycles. The summed E-state index contributed by atoms with van der Waals surface area (Å²) in [6.45, 7) is 2.72. The quantitative estimate of drug-likeness (QED) is 0.214. The van der Waals surface area contributed by atoms with E-state index in [0.717, 1.165) is 32.2 Å². The van der Waals surface area contributed by atoms with Crippen LogP contribution in [0.5, 0.6) is 0 Å². The minimum Gasteiger partial charge on any atom is -0.394 e. The van der Waals surface area contributed by atoms with Gasteiger partial charge < -0.3 is 35.3 Å². The SMILES string of the molecule is Cc1cc2nc(C(=O)NCc3ccc4cc[nH]c4c3)c(=O)n(C[C@H](O)[C@H](O)[C@H](O)CO)c2cc1C. The number of aromatic amines is 1. The molecule has 0 unspecified atom stereocenters. The van der Waals surface area contributed by atoms with Gasteiger partial charge in [-0.1, -0.05) is 12.1 Å². The summed E-state index contributed by atoms with van der Waals surface area (Å²) in [6, 6.07) is 11.1. The van der Waals surface area contributed by atoms with Crippen molar-refractivity contribution in [3.05, 3.63) is 75.3 Å². The van der Waals surface area contributed by atoms with E-state index in [4.69, 9.17) is 5.11 Å². The number of benzene rings is 2. The molecule has 2 aromatic carbocycles. The number of aromatic nitrogens is 3. The molecule has 4 rings (SSSR count). The number of fused-ring (bicyclic) bond motifs is 2. The Balaban J connectivity index is 1.68. The van der Waals surface area contributed by atoms with Crippen molar-refractivity contribution >= 4 is 27.8 Å². The first-order chi connectivity index (χ1) is 16.7. The van der Waals surface area contributed by atoms with Crippen molar-refractivity contribution in [1.82, 2.24) is 19.9 Å². The van der Waals surface area contributed by atoms with Crippen molar-refractivity contribution in [3.63, 3.8) is 0 Å². The smallest absolute Gasteiger partial charge is 0.282 e. The Bertz CT molecular complexity index is 1440. The van der Waals surface area contributed by atoms with Gasteiger partial charge in [0.05, 0.1) is 24.2 Å². The van der Waals surface area contributed by atoms with Crippen LogP contribution in [0.1, 0.15) is 27.2 Å². The van der Waals surface area contributed by atoms with Gasteiger partial charge >= 0.3 is 0 Å². The van der Waals surface area contributed by atoms with Gasteiger partial charge in [-0.05, 0) is 60.2 Å². The maximum absolute atomic E-state index is 13.3. The predicted molar refractivity (Wildman–Crippen MR) is 130 cm³/mol. The lowest BCUT2D eigenvalue weighted by Crippen LogP contribution is -2.44. The normalized spacial score (nSPS) is 14.2. The molecule has 10 nitrogen and oxygen atoms in total. The summed E-state index contributed by atoms with van der Waals surface area (Å²) < 4.78 is 1.16. The molecular weight excluding hydrogens is 452 g/mol. The number of carbonyl (C=O) groups excluding carboxylic acids is 1. The minimum absolute atomic E-state index is 0.171. The maximum Gasteiger partial charge on any atom is 0.282 e. The highest BCUT2D eigenvalue weighted by atomic mass is 16.4. The van der Waals surface area contributed by atoms with Crippen LogP contribution in [0.2, 0.25) is 0 Å². The molecule has 0 radical (unpaired) electrons. The summed E-state index contributed by atoms with van der Waals surface area (Å²) in [6.07, 6.45) is -3.03. The van der Waals surface area contributed by atoms with Crippen molar-refractivity contribution in [3.8, 4) is 0 Å². The molecule has 0 bridgehead atoms. The Morgan fingerprint density at radius 2 is 1.83 bits per heavy atom. The third-order valence-corrected chi connectivity index (χ3v) is 6.19. The second-order valence-corrected chi connectivity index (χ2v) is 8.69. The fourth-order valence-corrected chi connectivity index (χ4v) is 3.96. The van der Waals surface area contributed by atoms with Crippen LogP contribution < -0.4 is 10.9 Å². The number of amides is 1. The Morgan fingerprint density at radius 1 is 1.09 bits per heavy atom. The van der Waals surface area contributed by atoms with E-state index < -0.39 is 42.9 Å². The van der Waals surface area contributed by atoms with E-state index in [2.05, 4.69) is 15.3 Å². The number of H-pyrrole nitrogens is 1. The zero-order valence-electron chi connectivity index (χ0n) is 19.4. The zero-order chi connectivity index (χ0) is 25.3. The number of aryl methyl sites for hydroxylation is 2. The van der Waals surface area contributed by atoms with Gasteiger partial charge in [0, 0.05) is 18.3 Å². The number of rotatable bonds is 8. The lowest BCUT2D eigenvalue weighted by molar-refractivity contribution is -0.0805. The van der Waals surface area contributed by atoms with Crippen molar-refractivity contribution < 1.29 is 25.2 Å². The molecule has 0 saturated heterocycles. The van der Waals surface area contributed by atoms with Crippen LogP contribution in [-0.2, 0) is 13.1 Å². The van der Waals surface area contributed by atoms with E-state index in [1.807, 2.05) is 44.3 Å². The number of nitrogens with zero attached hydrogens (tertiary/aromatic N) is 2. The molecule has 4 aromatic rings. The molecule has 0 fully saturated rings. The van der Waals surface area contributed by atoms with Crippen LogP contribution in [0.15, 0.2) is 47.4 Å². The van der Waals surface area contributed by atoms with Crippen molar-refractivity contribution in [1.29, 1.82) is 0 Å². The first-order valence-electron chi connectivity index (χ1n) is 11.2.